The maximum absolute atomic E-state index is 12.7. The van der Waals surface area contributed by atoms with Crippen LogP contribution in [0, 0.1) is 17.0 Å². The van der Waals surface area contributed by atoms with Gasteiger partial charge < -0.3 is 10.2 Å². The molecule has 0 aliphatic carbocycles. The number of anilines is 1. The molecule has 0 radical (unpaired) electrons. The molecule has 27 heavy (non-hydrogen) atoms. The number of nitro groups is 1. The summed E-state index contributed by atoms with van der Waals surface area (Å²) in [4.78, 5) is 36.9. The van der Waals surface area contributed by atoms with Gasteiger partial charge in [-0.3, -0.25) is 19.7 Å². The largest absolute Gasteiger partial charge is 0.335 e. The summed E-state index contributed by atoms with van der Waals surface area (Å²) in [5.74, 6) is -0.361. The van der Waals surface area contributed by atoms with Gasteiger partial charge in [0.15, 0.2) is 0 Å². The molecule has 140 valence electrons. The molecule has 1 unspecified atom stereocenters. The lowest BCUT2D eigenvalue weighted by atomic mass is 9.90. The van der Waals surface area contributed by atoms with E-state index in [2.05, 4.69) is 5.32 Å². The van der Waals surface area contributed by atoms with E-state index in [1.807, 2.05) is 24.3 Å². The Morgan fingerprint density at radius 1 is 1.26 bits per heavy atom. The third-order valence-electron chi connectivity index (χ3n) is 4.90. The van der Waals surface area contributed by atoms with E-state index in [4.69, 9.17) is 0 Å². The zero-order chi connectivity index (χ0) is 19.6. The first-order chi connectivity index (χ1) is 12.9. The number of amides is 2. The molecule has 0 bridgehead atoms. The van der Waals surface area contributed by atoms with Crippen LogP contribution in [0.25, 0.3) is 0 Å². The highest BCUT2D eigenvalue weighted by Gasteiger charge is 2.30. The molecule has 0 saturated heterocycles. The van der Waals surface area contributed by atoms with E-state index in [1.165, 1.54) is 19.1 Å². The summed E-state index contributed by atoms with van der Waals surface area (Å²) in [6.07, 6.45) is 0.858. The minimum Gasteiger partial charge on any atom is -0.335 e. The smallest absolute Gasteiger partial charge is 0.271 e. The van der Waals surface area contributed by atoms with Crippen molar-refractivity contribution in [1.29, 1.82) is 0 Å². The lowest BCUT2D eigenvalue weighted by molar-refractivity contribution is -0.384. The molecule has 2 aromatic rings. The number of fused-ring (bicyclic) bond motifs is 1. The van der Waals surface area contributed by atoms with Crippen molar-refractivity contribution in [3.8, 4) is 0 Å². The normalized spacial score (nSPS) is 15.8. The van der Waals surface area contributed by atoms with Crippen LogP contribution >= 0.6 is 0 Å². The average Bonchev–Trinajstić information content (AvgIpc) is 2.63. The van der Waals surface area contributed by atoms with Gasteiger partial charge in [0, 0.05) is 25.6 Å². The van der Waals surface area contributed by atoms with Crippen molar-refractivity contribution in [3.63, 3.8) is 0 Å². The number of nitrogens with one attached hydrogen (secondary N) is 1. The summed E-state index contributed by atoms with van der Waals surface area (Å²) in [6, 6.07) is 11.8. The predicted octanol–water partition coefficient (Wildman–Crippen LogP) is 3.38. The predicted molar refractivity (Wildman–Crippen MR) is 101 cm³/mol. The molecule has 7 heteroatoms. The third kappa shape index (κ3) is 3.97. The fourth-order valence-corrected chi connectivity index (χ4v) is 3.48. The Morgan fingerprint density at radius 2 is 2.00 bits per heavy atom. The lowest BCUT2D eigenvalue weighted by Gasteiger charge is -2.36. The van der Waals surface area contributed by atoms with Crippen molar-refractivity contribution in [2.45, 2.75) is 32.7 Å². The van der Waals surface area contributed by atoms with Crippen molar-refractivity contribution in [2.24, 2.45) is 0 Å². The summed E-state index contributed by atoms with van der Waals surface area (Å²) >= 11 is 0. The second kappa shape index (κ2) is 7.57. The van der Waals surface area contributed by atoms with Crippen molar-refractivity contribution >= 4 is 23.2 Å². The summed E-state index contributed by atoms with van der Waals surface area (Å²) in [5.41, 5.74) is 3.18. The Balaban J connectivity index is 1.83. The van der Waals surface area contributed by atoms with E-state index in [0.29, 0.717) is 12.2 Å². The highest BCUT2D eigenvalue weighted by molar-refractivity contribution is 5.92. The monoisotopic (exact) mass is 367 g/mol. The van der Waals surface area contributed by atoms with Gasteiger partial charge in [0.1, 0.15) is 0 Å². The Morgan fingerprint density at radius 3 is 2.70 bits per heavy atom. The Hall–Kier alpha value is -3.22. The van der Waals surface area contributed by atoms with Crippen LogP contribution in [0.1, 0.15) is 36.1 Å². The third-order valence-corrected chi connectivity index (χ3v) is 4.90. The van der Waals surface area contributed by atoms with E-state index in [0.717, 1.165) is 23.1 Å². The molecule has 2 aromatic carbocycles. The van der Waals surface area contributed by atoms with E-state index >= 15 is 0 Å². The van der Waals surface area contributed by atoms with Gasteiger partial charge >= 0.3 is 0 Å². The molecule has 3 rings (SSSR count). The molecule has 2 amide bonds. The fraction of sp³-hybridized carbons (Fsp3) is 0.300. The molecule has 0 aromatic heterocycles. The molecule has 0 saturated carbocycles. The van der Waals surface area contributed by atoms with Crippen LogP contribution in [0.15, 0.2) is 42.5 Å². The number of non-ortho nitro benzene ring substituents is 1. The molecule has 1 atom stereocenters. The summed E-state index contributed by atoms with van der Waals surface area (Å²) in [6.45, 7) is 3.85. The van der Waals surface area contributed by atoms with Crippen molar-refractivity contribution in [2.75, 3.05) is 11.9 Å². The zero-order valence-electron chi connectivity index (χ0n) is 15.3. The zero-order valence-corrected chi connectivity index (χ0v) is 15.3. The average molecular weight is 367 g/mol. The van der Waals surface area contributed by atoms with Crippen LogP contribution in [0.3, 0.4) is 0 Å². The first-order valence-corrected chi connectivity index (χ1v) is 8.76. The van der Waals surface area contributed by atoms with Gasteiger partial charge in [0.05, 0.1) is 23.1 Å². The Bertz CT molecular complexity index is 910. The second-order valence-electron chi connectivity index (χ2n) is 6.69. The van der Waals surface area contributed by atoms with E-state index < -0.39 is 4.92 Å². The lowest BCUT2D eigenvalue weighted by Crippen LogP contribution is -2.40. The maximum atomic E-state index is 12.7. The van der Waals surface area contributed by atoms with E-state index in [-0.39, 0.29) is 30.0 Å². The van der Waals surface area contributed by atoms with Crippen LogP contribution in [0.4, 0.5) is 11.4 Å². The highest BCUT2D eigenvalue weighted by atomic mass is 16.6. The van der Waals surface area contributed by atoms with Gasteiger partial charge in [0.2, 0.25) is 11.8 Å². The van der Waals surface area contributed by atoms with Gasteiger partial charge in [0.25, 0.3) is 5.69 Å². The first-order valence-electron chi connectivity index (χ1n) is 8.76. The molecule has 1 heterocycles. The second-order valence-corrected chi connectivity index (χ2v) is 6.69. The number of nitrogens with zero attached hydrogens (tertiary/aromatic N) is 2. The molecular weight excluding hydrogens is 346 g/mol. The highest BCUT2D eigenvalue weighted by Crippen LogP contribution is 2.33. The molecule has 1 aliphatic heterocycles. The minimum atomic E-state index is -0.496. The van der Waals surface area contributed by atoms with Crippen molar-refractivity contribution < 1.29 is 14.5 Å². The topological polar surface area (TPSA) is 92.6 Å². The van der Waals surface area contributed by atoms with Crippen LogP contribution in [0.2, 0.25) is 0 Å². The molecule has 0 spiro atoms. The number of benzene rings is 2. The summed E-state index contributed by atoms with van der Waals surface area (Å²) < 4.78 is 0. The quantitative estimate of drug-likeness (QED) is 0.662. The van der Waals surface area contributed by atoms with Gasteiger partial charge in [-0.05, 0) is 30.0 Å². The van der Waals surface area contributed by atoms with Crippen LogP contribution in [0.5, 0.6) is 0 Å². The standard InChI is InChI=1S/C20H21N3O4/c1-13-7-8-16(23(26)27)11-18(13)21-20(25)12-19-17-6-4-3-5-15(17)9-10-22(19)14(2)24/h3-8,11,19H,9-10,12H2,1-2H3,(H,21,25). The molecule has 0 fully saturated rings. The van der Waals surface area contributed by atoms with Gasteiger partial charge in [-0.2, -0.15) is 0 Å². The number of hydrogen-bond acceptors (Lipinski definition) is 4. The Labute approximate surface area is 157 Å². The SMILES string of the molecule is CC(=O)N1CCc2ccccc2C1CC(=O)Nc1cc([N+](=O)[O-])ccc1C. The van der Waals surface area contributed by atoms with Crippen LogP contribution < -0.4 is 5.32 Å². The number of rotatable bonds is 4. The summed E-state index contributed by atoms with van der Waals surface area (Å²) in [7, 11) is 0. The summed E-state index contributed by atoms with van der Waals surface area (Å²) in [5, 5.41) is 13.7. The minimum absolute atomic E-state index is 0.0752. The molecule has 7 nitrogen and oxygen atoms in total. The van der Waals surface area contributed by atoms with Gasteiger partial charge in [-0.25, -0.2) is 0 Å². The molecule has 1 N–H and O–H groups in total. The number of carbonyl (C=O) groups is 2. The van der Waals surface area contributed by atoms with E-state index in [1.54, 1.807) is 17.9 Å². The maximum Gasteiger partial charge on any atom is 0.271 e. The van der Waals surface area contributed by atoms with Crippen molar-refractivity contribution in [3.05, 3.63) is 69.3 Å². The number of aryl methyl sites for hydroxylation is 1. The molecular formula is C20H21N3O4. The van der Waals surface area contributed by atoms with Crippen molar-refractivity contribution in [1.82, 2.24) is 4.90 Å². The van der Waals surface area contributed by atoms with Gasteiger partial charge in [-0.15, -0.1) is 0 Å². The fourth-order valence-electron chi connectivity index (χ4n) is 3.48. The van der Waals surface area contributed by atoms with Gasteiger partial charge in [-0.1, -0.05) is 30.3 Å². The number of nitro benzene ring substituents is 1. The van der Waals surface area contributed by atoms with E-state index in [9.17, 15) is 19.7 Å². The number of carbonyl (C=O) groups excluding carboxylic acids is 2. The van der Waals surface area contributed by atoms with Crippen LogP contribution in [-0.2, 0) is 16.0 Å². The number of hydrogen-bond donors (Lipinski definition) is 1. The first kappa shape index (κ1) is 18.6. The molecule has 1 aliphatic rings. The van der Waals surface area contributed by atoms with Crippen LogP contribution in [-0.4, -0.2) is 28.2 Å². The Kier molecular flexibility index (Phi) is 5.21.